The number of likely N-dealkylation sites (N-methyl/N-ethyl adjacent to an activating group) is 1. The van der Waals surface area contributed by atoms with E-state index in [1.807, 2.05) is 66.7 Å². The Hall–Kier alpha value is -5.06. The first-order valence-corrected chi connectivity index (χ1v) is 17.9. The summed E-state index contributed by atoms with van der Waals surface area (Å²) < 4.78 is 18.3. The molecule has 0 bridgehead atoms. The van der Waals surface area contributed by atoms with E-state index in [9.17, 15) is 14.7 Å². The molecule has 2 amide bonds. The Kier molecular flexibility index (Phi) is 12.3. The topological polar surface area (TPSA) is 109 Å². The lowest BCUT2D eigenvalue weighted by atomic mass is 9.97. The normalized spacial score (nSPS) is 17.8. The highest BCUT2D eigenvalue weighted by Gasteiger charge is 2.33. The Morgan fingerprint density at radius 3 is 2.35 bits per heavy atom. The molecule has 1 aliphatic heterocycles. The van der Waals surface area contributed by atoms with Crippen LogP contribution in [-0.4, -0.2) is 54.9 Å². The van der Waals surface area contributed by atoms with Gasteiger partial charge in [-0.25, -0.2) is 4.79 Å². The van der Waals surface area contributed by atoms with Gasteiger partial charge in [-0.2, -0.15) is 0 Å². The summed E-state index contributed by atoms with van der Waals surface area (Å²) in [7, 11) is 2.14. The minimum Gasteiger partial charge on any atom is -0.465 e. The second-order valence-corrected chi connectivity index (χ2v) is 13.2. The van der Waals surface area contributed by atoms with Crippen LogP contribution in [0.5, 0.6) is 0 Å². The van der Waals surface area contributed by atoms with E-state index < -0.39 is 18.3 Å². The first kappa shape index (κ1) is 36.7. The molecular weight excluding hydrogens is 654 g/mol. The molecule has 0 radical (unpaired) electrons. The van der Waals surface area contributed by atoms with Crippen LogP contribution in [0.3, 0.4) is 0 Å². The second-order valence-electron chi connectivity index (χ2n) is 13.2. The molecule has 0 spiro atoms. The van der Waals surface area contributed by atoms with Crippen LogP contribution in [0, 0.1) is 0 Å². The Labute approximate surface area is 305 Å². The van der Waals surface area contributed by atoms with E-state index in [2.05, 4.69) is 78.0 Å². The molecule has 5 aromatic carbocycles. The third-order valence-corrected chi connectivity index (χ3v) is 9.59. The van der Waals surface area contributed by atoms with Crippen molar-refractivity contribution in [1.29, 1.82) is 0 Å². The Morgan fingerprint density at radius 1 is 0.827 bits per heavy atom. The predicted octanol–water partition coefficient (Wildman–Crippen LogP) is 7.60. The van der Waals surface area contributed by atoms with Gasteiger partial charge in [-0.15, -0.1) is 0 Å². The summed E-state index contributed by atoms with van der Waals surface area (Å²) in [5.41, 5.74) is 6.95. The van der Waals surface area contributed by atoms with Crippen molar-refractivity contribution in [3.05, 3.63) is 143 Å². The van der Waals surface area contributed by atoms with Crippen molar-refractivity contribution in [2.75, 3.05) is 26.7 Å². The van der Waals surface area contributed by atoms with Crippen molar-refractivity contribution in [3.8, 4) is 11.1 Å². The average molecular weight is 702 g/mol. The molecule has 1 heterocycles. The number of fused-ring (bicyclic) bond motifs is 1. The van der Waals surface area contributed by atoms with Crippen molar-refractivity contribution in [2.24, 2.45) is 0 Å². The van der Waals surface area contributed by atoms with Gasteiger partial charge in [0.2, 0.25) is 0 Å². The van der Waals surface area contributed by atoms with Gasteiger partial charge in [0, 0.05) is 31.1 Å². The van der Waals surface area contributed by atoms with E-state index >= 15 is 0 Å². The summed E-state index contributed by atoms with van der Waals surface area (Å²) in [4.78, 5) is 26.1. The van der Waals surface area contributed by atoms with E-state index in [4.69, 9.17) is 14.2 Å². The number of aliphatic hydroxyl groups is 1. The van der Waals surface area contributed by atoms with Crippen LogP contribution in [0.2, 0.25) is 0 Å². The van der Waals surface area contributed by atoms with Gasteiger partial charge >= 0.3 is 12.0 Å². The van der Waals surface area contributed by atoms with Crippen LogP contribution in [0.4, 0.5) is 4.79 Å². The largest absolute Gasteiger partial charge is 0.465 e. The van der Waals surface area contributed by atoms with Crippen LogP contribution in [-0.2, 0) is 32.2 Å². The molecule has 52 heavy (non-hydrogen) atoms. The van der Waals surface area contributed by atoms with Gasteiger partial charge in [-0.3, -0.25) is 9.69 Å². The first-order valence-electron chi connectivity index (χ1n) is 17.9. The number of carbonyl (C=O) groups excluding carboxylic acids is 2. The zero-order valence-electron chi connectivity index (χ0n) is 30.0. The molecule has 1 fully saturated rings. The van der Waals surface area contributed by atoms with E-state index in [1.165, 1.54) is 16.3 Å². The maximum absolute atomic E-state index is 12.2. The number of aliphatic hydroxyl groups excluding tert-OH is 1. The maximum atomic E-state index is 12.2. The molecular formula is C43H47N3O6. The highest BCUT2D eigenvalue weighted by atomic mass is 16.7. The number of amides is 2. The number of benzene rings is 5. The number of hydrogen-bond donors (Lipinski definition) is 3. The number of carbonyl (C=O) groups is 2. The van der Waals surface area contributed by atoms with Gasteiger partial charge in [0.25, 0.3) is 0 Å². The summed E-state index contributed by atoms with van der Waals surface area (Å²) in [6.07, 6.45) is -0.221. The van der Waals surface area contributed by atoms with Gasteiger partial charge in [0.15, 0.2) is 6.29 Å². The van der Waals surface area contributed by atoms with Crippen LogP contribution in [0.1, 0.15) is 66.5 Å². The zero-order chi connectivity index (χ0) is 36.5. The van der Waals surface area contributed by atoms with Gasteiger partial charge < -0.3 is 30.0 Å². The van der Waals surface area contributed by atoms with E-state index in [1.54, 1.807) is 6.92 Å². The number of hydrogen-bond acceptors (Lipinski definition) is 7. The number of rotatable bonds is 13. The van der Waals surface area contributed by atoms with Crippen molar-refractivity contribution in [2.45, 2.75) is 58.0 Å². The molecule has 9 heteroatoms. The third kappa shape index (κ3) is 9.43. The van der Waals surface area contributed by atoms with E-state index in [0.717, 1.165) is 33.4 Å². The molecule has 4 atom stereocenters. The van der Waals surface area contributed by atoms with E-state index in [0.29, 0.717) is 19.5 Å². The van der Waals surface area contributed by atoms with Crippen molar-refractivity contribution >= 4 is 22.8 Å². The number of nitrogens with zero attached hydrogens (tertiary/aromatic N) is 1. The zero-order valence-corrected chi connectivity index (χ0v) is 30.0. The SMILES string of the molecule is CCOC(=O)CNC(=O)NCc1cccc(-c2cccc([C@H]3O[C@@H](CN(C)[C@H](C)c4ccc5ccccc5c4)C[C@@H](c4ccc(CO)cc4)O3)c2)c1. The molecule has 0 unspecified atom stereocenters. The van der Waals surface area contributed by atoms with Gasteiger partial charge in [0.1, 0.15) is 6.54 Å². The lowest BCUT2D eigenvalue weighted by Gasteiger charge is -2.39. The summed E-state index contributed by atoms with van der Waals surface area (Å²) in [6.45, 7) is 5.02. The van der Waals surface area contributed by atoms with Gasteiger partial charge in [-0.05, 0) is 83.2 Å². The maximum Gasteiger partial charge on any atom is 0.325 e. The Morgan fingerprint density at radius 2 is 1.58 bits per heavy atom. The van der Waals surface area contributed by atoms with Crippen molar-refractivity contribution in [1.82, 2.24) is 15.5 Å². The average Bonchev–Trinajstić information content (AvgIpc) is 3.19. The standard InChI is InChI=1S/C43H47N3O6/c1-4-50-41(48)26-45-43(49)44-25-31-9-7-12-35(21-31)37-13-8-14-38(23-37)42-51-39(24-40(52-42)33-17-15-30(28-47)16-18-33)27-46(3)29(2)34-20-19-32-10-5-6-11-36(32)22-34/h5-23,29,39-40,42,47H,4,24-28H2,1-3H3,(H2,44,45,49)/t29-,39-,40+,42+/m1/s1. The predicted molar refractivity (Wildman–Crippen MR) is 202 cm³/mol. The molecule has 9 nitrogen and oxygen atoms in total. The molecule has 0 aliphatic carbocycles. The fraction of sp³-hybridized carbons (Fsp3) is 0.302. The lowest BCUT2D eigenvalue weighted by molar-refractivity contribution is -0.253. The molecule has 1 aliphatic rings. The van der Waals surface area contributed by atoms with Gasteiger partial charge in [-0.1, -0.05) is 97.1 Å². The summed E-state index contributed by atoms with van der Waals surface area (Å²) in [5, 5.41) is 17.4. The number of urea groups is 1. The quantitative estimate of drug-likeness (QED) is 0.109. The van der Waals surface area contributed by atoms with Crippen LogP contribution >= 0.6 is 0 Å². The molecule has 0 aromatic heterocycles. The molecule has 270 valence electrons. The minimum absolute atomic E-state index is 0.00957. The van der Waals surface area contributed by atoms with Crippen LogP contribution < -0.4 is 10.6 Å². The highest BCUT2D eigenvalue weighted by molar-refractivity contribution is 5.83. The monoisotopic (exact) mass is 701 g/mol. The van der Waals surface area contributed by atoms with Gasteiger partial charge in [0.05, 0.1) is 25.4 Å². The highest BCUT2D eigenvalue weighted by Crippen LogP contribution is 2.39. The van der Waals surface area contributed by atoms with Crippen LogP contribution in [0.15, 0.2) is 115 Å². The first-order chi connectivity index (χ1) is 25.3. The Balaban J connectivity index is 1.18. The smallest absolute Gasteiger partial charge is 0.325 e. The fourth-order valence-corrected chi connectivity index (χ4v) is 6.57. The third-order valence-electron chi connectivity index (χ3n) is 9.59. The minimum atomic E-state index is -0.599. The molecule has 1 saturated heterocycles. The number of esters is 1. The van der Waals surface area contributed by atoms with Crippen LogP contribution in [0.25, 0.3) is 21.9 Å². The van der Waals surface area contributed by atoms with E-state index in [-0.39, 0.29) is 38.0 Å². The summed E-state index contributed by atoms with van der Waals surface area (Å²) in [6, 6.07) is 38.9. The summed E-state index contributed by atoms with van der Waals surface area (Å²) >= 11 is 0. The molecule has 0 saturated carbocycles. The fourth-order valence-electron chi connectivity index (χ4n) is 6.57. The molecule has 6 rings (SSSR count). The second kappa shape index (κ2) is 17.4. The number of ether oxygens (including phenoxy) is 3. The molecule has 5 aromatic rings. The number of nitrogens with one attached hydrogen (secondary N) is 2. The van der Waals surface area contributed by atoms with Crippen molar-refractivity contribution < 1.29 is 28.9 Å². The molecule has 3 N–H and O–H groups in total. The lowest BCUT2D eigenvalue weighted by Crippen LogP contribution is -2.38. The van der Waals surface area contributed by atoms with Crippen molar-refractivity contribution in [3.63, 3.8) is 0 Å². The summed E-state index contributed by atoms with van der Waals surface area (Å²) in [5.74, 6) is -0.481. The Bertz CT molecular complexity index is 1960.